The summed E-state index contributed by atoms with van der Waals surface area (Å²) in [5, 5.41) is 10.0. The van der Waals surface area contributed by atoms with Gasteiger partial charge >= 0.3 is 5.97 Å². The van der Waals surface area contributed by atoms with Gasteiger partial charge in [-0.1, -0.05) is 12.1 Å². The Morgan fingerprint density at radius 1 is 1.47 bits per heavy atom. The predicted octanol–water partition coefficient (Wildman–Crippen LogP) is 2.41. The summed E-state index contributed by atoms with van der Waals surface area (Å²) >= 11 is 0. The van der Waals surface area contributed by atoms with Crippen molar-refractivity contribution in [2.45, 2.75) is 20.5 Å². The lowest BCUT2D eigenvalue weighted by Crippen LogP contribution is -2.04. The Kier molecular flexibility index (Phi) is 3.15. The van der Waals surface area contributed by atoms with Crippen molar-refractivity contribution in [3.63, 3.8) is 0 Å². The number of benzene rings is 1. The van der Waals surface area contributed by atoms with Crippen LogP contribution in [0.1, 0.15) is 28.6 Å². The quantitative estimate of drug-likeness (QED) is 0.828. The summed E-state index contributed by atoms with van der Waals surface area (Å²) in [6.45, 7) is 3.76. The van der Waals surface area contributed by atoms with Crippen molar-refractivity contribution >= 4 is 16.9 Å². The Bertz CT molecular complexity index is 554. The molecule has 2 rings (SSSR count). The number of hydrogen-bond acceptors (Lipinski definition) is 4. The van der Waals surface area contributed by atoms with E-state index in [2.05, 4.69) is 0 Å². The largest absolute Gasteiger partial charge is 0.460 e. The fourth-order valence-corrected chi connectivity index (χ4v) is 1.91. The number of hydrogen-bond donors (Lipinski definition) is 1. The lowest BCUT2D eigenvalue weighted by molar-refractivity contribution is 0.0491. The van der Waals surface area contributed by atoms with E-state index >= 15 is 0 Å². The number of rotatable bonds is 3. The van der Waals surface area contributed by atoms with Crippen LogP contribution in [0, 0.1) is 6.92 Å². The molecule has 0 aliphatic heterocycles. The van der Waals surface area contributed by atoms with Crippen LogP contribution >= 0.6 is 0 Å². The number of ether oxygens (including phenoxy) is 1. The molecule has 1 N–H and O–H groups in total. The molecule has 4 nitrogen and oxygen atoms in total. The third-order valence-electron chi connectivity index (χ3n) is 2.67. The molecule has 2 aromatic rings. The highest BCUT2D eigenvalue weighted by Crippen LogP contribution is 2.28. The highest BCUT2D eigenvalue weighted by atomic mass is 16.5. The maximum atomic E-state index is 11.7. The number of furan rings is 1. The number of aliphatic hydroxyl groups is 1. The highest BCUT2D eigenvalue weighted by Gasteiger charge is 2.20. The summed E-state index contributed by atoms with van der Waals surface area (Å²) in [5.41, 5.74) is 2.06. The minimum absolute atomic E-state index is 0.0834. The molecule has 0 saturated carbocycles. The fourth-order valence-electron chi connectivity index (χ4n) is 1.91. The minimum Gasteiger partial charge on any atom is -0.460 e. The number of carbonyl (C=O) groups excluding carboxylic acids is 1. The van der Waals surface area contributed by atoms with Crippen LogP contribution in [0.2, 0.25) is 0 Å². The molecular weight excluding hydrogens is 220 g/mol. The van der Waals surface area contributed by atoms with Crippen molar-refractivity contribution in [1.82, 2.24) is 0 Å². The van der Waals surface area contributed by atoms with Crippen LogP contribution in [0.25, 0.3) is 11.0 Å². The van der Waals surface area contributed by atoms with Crippen LogP contribution in [0.3, 0.4) is 0 Å². The topological polar surface area (TPSA) is 59.7 Å². The Morgan fingerprint density at radius 3 is 2.88 bits per heavy atom. The third-order valence-corrected chi connectivity index (χ3v) is 2.67. The molecule has 0 aliphatic rings. The average Bonchev–Trinajstić information content (AvgIpc) is 2.67. The SMILES string of the molecule is CCOC(=O)c1oc2cccc(CO)c2c1C. The Balaban J connectivity index is 2.61. The van der Waals surface area contributed by atoms with Crippen molar-refractivity contribution in [2.24, 2.45) is 0 Å². The second-order valence-corrected chi connectivity index (χ2v) is 3.73. The van der Waals surface area contributed by atoms with E-state index in [9.17, 15) is 9.90 Å². The molecule has 0 amide bonds. The third kappa shape index (κ3) is 1.91. The maximum Gasteiger partial charge on any atom is 0.374 e. The lowest BCUT2D eigenvalue weighted by Gasteiger charge is -1.99. The molecule has 1 aromatic heterocycles. The zero-order chi connectivity index (χ0) is 12.4. The number of esters is 1. The zero-order valence-electron chi connectivity index (χ0n) is 9.82. The predicted molar refractivity (Wildman–Crippen MR) is 62.8 cm³/mol. The molecule has 0 bridgehead atoms. The lowest BCUT2D eigenvalue weighted by atomic mass is 10.1. The molecule has 4 heteroatoms. The van der Waals surface area contributed by atoms with E-state index in [1.54, 1.807) is 32.0 Å². The van der Waals surface area contributed by atoms with E-state index in [0.717, 1.165) is 10.9 Å². The zero-order valence-corrected chi connectivity index (χ0v) is 9.82. The van der Waals surface area contributed by atoms with Gasteiger partial charge in [0.25, 0.3) is 0 Å². The molecule has 1 aromatic carbocycles. The molecule has 0 unspecified atom stereocenters. The first-order chi connectivity index (χ1) is 8.19. The van der Waals surface area contributed by atoms with Gasteiger partial charge < -0.3 is 14.3 Å². The van der Waals surface area contributed by atoms with Gasteiger partial charge in [-0.25, -0.2) is 4.79 Å². The molecule has 1 heterocycles. The second kappa shape index (κ2) is 4.59. The molecule has 17 heavy (non-hydrogen) atoms. The summed E-state index contributed by atoms with van der Waals surface area (Å²) in [4.78, 5) is 11.7. The first kappa shape index (κ1) is 11.7. The van der Waals surface area contributed by atoms with Crippen molar-refractivity contribution < 1.29 is 19.1 Å². The maximum absolute atomic E-state index is 11.7. The Morgan fingerprint density at radius 2 is 2.24 bits per heavy atom. The Hall–Kier alpha value is -1.81. The highest BCUT2D eigenvalue weighted by molar-refractivity contribution is 5.97. The number of aliphatic hydroxyl groups excluding tert-OH is 1. The summed E-state index contributed by atoms with van der Waals surface area (Å²) in [6, 6.07) is 5.36. The molecule has 0 atom stereocenters. The molecule has 90 valence electrons. The first-order valence-corrected chi connectivity index (χ1v) is 5.48. The van der Waals surface area contributed by atoms with Gasteiger partial charge in [-0.15, -0.1) is 0 Å². The van der Waals surface area contributed by atoms with Crippen molar-refractivity contribution in [3.8, 4) is 0 Å². The second-order valence-electron chi connectivity index (χ2n) is 3.73. The number of carbonyl (C=O) groups is 1. The van der Waals surface area contributed by atoms with Gasteiger partial charge in [0.2, 0.25) is 5.76 Å². The van der Waals surface area contributed by atoms with E-state index in [1.165, 1.54) is 0 Å². The van der Waals surface area contributed by atoms with Gasteiger partial charge in [-0.05, 0) is 25.5 Å². The van der Waals surface area contributed by atoms with Crippen LogP contribution in [0.4, 0.5) is 0 Å². The monoisotopic (exact) mass is 234 g/mol. The van der Waals surface area contributed by atoms with Gasteiger partial charge in [-0.2, -0.15) is 0 Å². The molecule has 0 fully saturated rings. The minimum atomic E-state index is -0.468. The van der Waals surface area contributed by atoms with E-state index in [0.29, 0.717) is 17.8 Å². The van der Waals surface area contributed by atoms with Crippen LogP contribution in [-0.4, -0.2) is 17.7 Å². The van der Waals surface area contributed by atoms with Crippen molar-refractivity contribution in [3.05, 3.63) is 35.1 Å². The van der Waals surface area contributed by atoms with E-state index in [4.69, 9.17) is 9.15 Å². The average molecular weight is 234 g/mol. The first-order valence-electron chi connectivity index (χ1n) is 5.48. The number of aryl methyl sites for hydroxylation is 1. The molecule has 0 aliphatic carbocycles. The van der Waals surface area contributed by atoms with Gasteiger partial charge in [0.1, 0.15) is 5.58 Å². The Labute approximate surface area is 98.8 Å². The summed E-state index contributed by atoms with van der Waals surface area (Å²) in [7, 11) is 0. The van der Waals surface area contributed by atoms with Crippen LogP contribution in [-0.2, 0) is 11.3 Å². The van der Waals surface area contributed by atoms with Crippen LogP contribution in [0.15, 0.2) is 22.6 Å². The van der Waals surface area contributed by atoms with Crippen LogP contribution in [0.5, 0.6) is 0 Å². The van der Waals surface area contributed by atoms with Crippen molar-refractivity contribution in [2.75, 3.05) is 6.61 Å². The standard InChI is InChI=1S/C13H14O4/c1-3-16-13(15)12-8(2)11-9(7-14)5-4-6-10(11)17-12/h4-6,14H,3,7H2,1-2H3. The molecule has 0 saturated heterocycles. The normalized spacial score (nSPS) is 10.8. The van der Waals surface area contributed by atoms with Crippen LogP contribution < -0.4 is 0 Å². The summed E-state index contributed by atoms with van der Waals surface area (Å²) < 4.78 is 10.4. The van der Waals surface area contributed by atoms with E-state index in [1.807, 2.05) is 0 Å². The van der Waals surface area contributed by atoms with Gasteiger partial charge in [0.15, 0.2) is 0 Å². The smallest absolute Gasteiger partial charge is 0.374 e. The molecule has 0 spiro atoms. The summed E-state index contributed by atoms with van der Waals surface area (Å²) in [5.74, 6) is -0.257. The van der Waals surface area contributed by atoms with E-state index < -0.39 is 5.97 Å². The molecule has 0 radical (unpaired) electrons. The van der Waals surface area contributed by atoms with Gasteiger partial charge in [0, 0.05) is 10.9 Å². The van der Waals surface area contributed by atoms with Gasteiger partial charge in [0.05, 0.1) is 13.2 Å². The van der Waals surface area contributed by atoms with E-state index in [-0.39, 0.29) is 12.4 Å². The summed E-state index contributed by atoms with van der Waals surface area (Å²) in [6.07, 6.45) is 0. The molecular formula is C13H14O4. The van der Waals surface area contributed by atoms with Crippen molar-refractivity contribution in [1.29, 1.82) is 0 Å². The van der Waals surface area contributed by atoms with Gasteiger partial charge in [-0.3, -0.25) is 0 Å². The fraction of sp³-hybridized carbons (Fsp3) is 0.308. The number of fused-ring (bicyclic) bond motifs is 1.